The van der Waals surface area contributed by atoms with Gasteiger partial charge in [0.1, 0.15) is 5.82 Å². The van der Waals surface area contributed by atoms with Gasteiger partial charge >= 0.3 is 6.01 Å². The highest BCUT2D eigenvalue weighted by Gasteiger charge is 2.30. The largest absolute Gasteiger partial charge is 0.467 e. The molecule has 0 saturated heterocycles. The number of amides is 1. The third-order valence-electron chi connectivity index (χ3n) is 5.49. The number of carbonyl (C=O) groups is 1. The van der Waals surface area contributed by atoms with Crippen LogP contribution in [-0.2, 0) is 0 Å². The Kier molecular flexibility index (Phi) is 7.73. The van der Waals surface area contributed by atoms with Gasteiger partial charge in [-0.15, -0.1) is 0 Å². The minimum absolute atomic E-state index is 0.227. The summed E-state index contributed by atoms with van der Waals surface area (Å²) in [6.07, 6.45) is 6.15. The number of anilines is 2. The zero-order chi connectivity index (χ0) is 22.4. The summed E-state index contributed by atoms with van der Waals surface area (Å²) in [6, 6.07) is 7.42. The molecule has 2 N–H and O–H groups in total. The average molecular weight is 447 g/mol. The second-order valence-electron chi connectivity index (χ2n) is 8.54. The van der Waals surface area contributed by atoms with E-state index in [2.05, 4.69) is 29.1 Å². The number of hydrogen-bond acceptors (Lipinski definition) is 6. The van der Waals surface area contributed by atoms with Crippen LogP contribution in [-0.4, -0.2) is 46.8 Å². The van der Waals surface area contributed by atoms with Crippen molar-refractivity contribution in [2.45, 2.75) is 51.6 Å². The lowest BCUT2D eigenvalue weighted by Crippen LogP contribution is -2.44. The van der Waals surface area contributed by atoms with Gasteiger partial charge in [0, 0.05) is 25.0 Å². The number of halogens is 1. The molecule has 1 aromatic carbocycles. The first-order valence-corrected chi connectivity index (χ1v) is 11.1. The van der Waals surface area contributed by atoms with Crippen molar-refractivity contribution in [1.29, 1.82) is 0 Å². The van der Waals surface area contributed by atoms with Crippen LogP contribution in [0.5, 0.6) is 6.01 Å². The van der Waals surface area contributed by atoms with Crippen LogP contribution in [0.15, 0.2) is 30.5 Å². The van der Waals surface area contributed by atoms with E-state index in [4.69, 9.17) is 16.3 Å². The second kappa shape index (κ2) is 10.3. The molecule has 1 heterocycles. The Bertz CT molecular complexity index is 900. The third-order valence-corrected chi connectivity index (χ3v) is 5.82. The van der Waals surface area contributed by atoms with E-state index >= 15 is 0 Å². The van der Waals surface area contributed by atoms with Gasteiger partial charge in [0.2, 0.25) is 0 Å². The van der Waals surface area contributed by atoms with E-state index in [0.29, 0.717) is 41.7 Å². The highest BCUT2D eigenvalue weighted by atomic mass is 35.5. The third kappa shape index (κ3) is 6.08. The van der Waals surface area contributed by atoms with Crippen molar-refractivity contribution in [2.75, 3.05) is 25.1 Å². The molecule has 168 valence electrons. The van der Waals surface area contributed by atoms with Crippen LogP contribution in [0.3, 0.4) is 0 Å². The molecule has 7 nitrogen and oxygen atoms in total. The molecule has 31 heavy (non-hydrogen) atoms. The van der Waals surface area contributed by atoms with Crippen LogP contribution in [0.2, 0.25) is 5.02 Å². The first kappa shape index (κ1) is 23.3. The maximum absolute atomic E-state index is 12.9. The molecule has 0 aliphatic heterocycles. The summed E-state index contributed by atoms with van der Waals surface area (Å²) < 4.78 is 5.17. The SMILES string of the molecule is COc1nccc(N(CC(C)C)c2ccc(Cl)c(C(=O)NCC3(O)CCCCC3)c2)n1. The van der Waals surface area contributed by atoms with Crippen molar-refractivity contribution in [2.24, 2.45) is 5.92 Å². The Morgan fingerprint density at radius 1 is 1.29 bits per heavy atom. The summed E-state index contributed by atoms with van der Waals surface area (Å²) in [4.78, 5) is 23.5. The lowest BCUT2D eigenvalue weighted by molar-refractivity contribution is 0.00526. The Morgan fingerprint density at radius 3 is 2.71 bits per heavy atom. The minimum atomic E-state index is -0.834. The predicted molar refractivity (Wildman–Crippen MR) is 122 cm³/mol. The van der Waals surface area contributed by atoms with E-state index in [0.717, 1.165) is 24.9 Å². The van der Waals surface area contributed by atoms with E-state index in [1.54, 1.807) is 24.4 Å². The van der Waals surface area contributed by atoms with E-state index in [1.165, 1.54) is 7.11 Å². The molecule has 0 bridgehead atoms. The van der Waals surface area contributed by atoms with E-state index in [-0.39, 0.29) is 18.5 Å². The molecule has 3 rings (SSSR count). The molecule has 2 aromatic rings. The van der Waals surface area contributed by atoms with E-state index in [1.807, 2.05) is 11.0 Å². The second-order valence-corrected chi connectivity index (χ2v) is 8.95. The number of methoxy groups -OCH3 is 1. The average Bonchev–Trinajstić information content (AvgIpc) is 2.77. The van der Waals surface area contributed by atoms with Crippen LogP contribution in [0, 0.1) is 5.92 Å². The molecule has 1 aliphatic rings. The lowest BCUT2D eigenvalue weighted by atomic mass is 9.85. The molecule has 8 heteroatoms. The number of rotatable bonds is 8. The van der Waals surface area contributed by atoms with Crippen molar-refractivity contribution in [1.82, 2.24) is 15.3 Å². The summed E-state index contributed by atoms with van der Waals surface area (Å²) >= 11 is 6.36. The summed E-state index contributed by atoms with van der Waals surface area (Å²) in [7, 11) is 1.52. The number of hydrogen-bond donors (Lipinski definition) is 2. The van der Waals surface area contributed by atoms with Crippen molar-refractivity contribution >= 4 is 29.0 Å². The van der Waals surface area contributed by atoms with Gasteiger partial charge in [-0.2, -0.15) is 4.98 Å². The van der Waals surface area contributed by atoms with Crippen molar-refractivity contribution < 1.29 is 14.6 Å². The van der Waals surface area contributed by atoms with Gasteiger partial charge in [-0.05, 0) is 43.0 Å². The number of nitrogens with one attached hydrogen (secondary N) is 1. The monoisotopic (exact) mass is 446 g/mol. The van der Waals surface area contributed by atoms with E-state index in [9.17, 15) is 9.90 Å². The molecule has 1 amide bonds. The molecule has 1 saturated carbocycles. The Morgan fingerprint density at radius 2 is 2.03 bits per heavy atom. The quantitative estimate of drug-likeness (QED) is 0.626. The molecular formula is C23H31ClN4O3. The van der Waals surface area contributed by atoms with Gasteiger partial charge in [-0.3, -0.25) is 4.79 Å². The normalized spacial score (nSPS) is 15.5. The zero-order valence-electron chi connectivity index (χ0n) is 18.4. The van der Waals surface area contributed by atoms with Gasteiger partial charge in [-0.1, -0.05) is 44.7 Å². The lowest BCUT2D eigenvalue weighted by Gasteiger charge is -2.32. The number of ether oxygens (including phenoxy) is 1. The Hall–Kier alpha value is -2.38. The molecule has 0 spiro atoms. The highest BCUT2D eigenvalue weighted by Crippen LogP contribution is 2.30. The van der Waals surface area contributed by atoms with Crippen molar-refractivity contribution in [3.63, 3.8) is 0 Å². The fourth-order valence-electron chi connectivity index (χ4n) is 3.86. The van der Waals surface area contributed by atoms with Gasteiger partial charge < -0.3 is 20.1 Å². The fourth-order valence-corrected chi connectivity index (χ4v) is 4.06. The van der Waals surface area contributed by atoms with Crippen LogP contribution < -0.4 is 15.0 Å². The van der Waals surface area contributed by atoms with Gasteiger partial charge in [-0.25, -0.2) is 4.98 Å². The van der Waals surface area contributed by atoms with Crippen LogP contribution in [0.25, 0.3) is 0 Å². The number of carbonyl (C=O) groups excluding carboxylic acids is 1. The van der Waals surface area contributed by atoms with Crippen LogP contribution >= 0.6 is 11.6 Å². The maximum atomic E-state index is 12.9. The number of nitrogens with zero attached hydrogens (tertiary/aromatic N) is 3. The summed E-state index contributed by atoms with van der Waals surface area (Å²) in [5.74, 6) is 0.718. The fraction of sp³-hybridized carbons (Fsp3) is 0.522. The molecule has 0 atom stereocenters. The molecule has 0 unspecified atom stereocenters. The molecule has 1 fully saturated rings. The minimum Gasteiger partial charge on any atom is -0.467 e. The van der Waals surface area contributed by atoms with Crippen LogP contribution in [0.4, 0.5) is 11.5 Å². The maximum Gasteiger partial charge on any atom is 0.318 e. The first-order chi connectivity index (χ1) is 14.8. The van der Waals surface area contributed by atoms with Gasteiger partial charge in [0.15, 0.2) is 0 Å². The first-order valence-electron chi connectivity index (χ1n) is 10.8. The summed E-state index contributed by atoms with van der Waals surface area (Å²) in [5.41, 5.74) is 0.327. The highest BCUT2D eigenvalue weighted by molar-refractivity contribution is 6.34. The van der Waals surface area contributed by atoms with Gasteiger partial charge in [0.25, 0.3) is 5.91 Å². The van der Waals surface area contributed by atoms with Gasteiger partial charge in [0.05, 0.1) is 23.3 Å². The zero-order valence-corrected chi connectivity index (χ0v) is 19.2. The molecule has 0 radical (unpaired) electrons. The number of benzene rings is 1. The molecule has 1 aromatic heterocycles. The molecular weight excluding hydrogens is 416 g/mol. The smallest absolute Gasteiger partial charge is 0.318 e. The summed E-state index contributed by atoms with van der Waals surface area (Å²) in [6.45, 7) is 5.13. The summed E-state index contributed by atoms with van der Waals surface area (Å²) in [5, 5.41) is 13.9. The molecule has 1 aliphatic carbocycles. The Balaban J connectivity index is 1.84. The predicted octanol–water partition coefficient (Wildman–Crippen LogP) is 4.36. The topological polar surface area (TPSA) is 87.6 Å². The van der Waals surface area contributed by atoms with Crippen molar-refractivity contribution in [3.8, 4) is 6.01 Å². The Labute approximate surface area is 188 Å². The number of aromatic nitrogens is 2. The van der Waals surface area contributed by atoms with Crippen LogP contribution in [0.1, 0.15) is 56.3 Å². The standard InChI is InChI=1S/C23H31ClN4O3/c1-16(2)14-28(20-9-12-25-22(27-20)31-3)17-7-8-19(24)18(13-17)21(29)26-15-23(30)10-5-4-6-11-23/h7-9,12-13,16,30H,4-6,10-11,14-15H2,1-3H3,(H,26,29). The van der Waals surface area contributed by atoms with Crippen molar-refractivity contribution in [3.05, 3.63) is 41.0 Å². The number of aliphatic hydroxyl groups is 1. The van der Waals surface area contributed by atoms with E-state index < -0.39 is 5.60 Å².